The largest absolute Gasteiger partial charge is 0.271 e. The van der Waals surface area contributed by atoms with Gasteiger partial charge in [-0.25, -0.2) is 0 Å². The lowest BCUT2D eigenvalue weighted by molar-refractivity contribution is 0.479. The van der Waals surface area contributed by atoms with Crippen LogP contribution >= 0.6 is 27.3 Å². The first kappa shape index (κ1) is 14.2. The molecule has 2 nitrogen and oxygen atoms in total. The Balaban J connectivity index is 2.30. The predicted molar refractivity (Wildman–Crippen MR) is 75.5 cm³/mol. The van der Waals surface area contributed by atoms with E-state index in [0.29, 0.717) is 6.04 Å². The fourth-order valence-electron chi connectivity index (χ4n) is 1.82. The zero-order valence-electron chi connectivity index (χ0n) is 9.84. The Morgan fingerprint density at radius 3 is 2.62 bits per heavy atom. The molecular weight excluding hydrogens is 284 g/mol. The number of rotatable bonds is 8. The van der Waals surface area contributed by atoms with E-state index in [4.69, 9.17) is 5.84 Å². The van der Waals surface area contributed by atoms with Crippen molar-refractivity contribution in [2.75, 3.05) is 0 Å². The van der Waals surface area contributed by atoms with Gasteiger partial charge >= 0.3 is 0 Å². The summed E-state index contributed by atoms with van der Waals surface area (Å²) in [5.74, 6) is 5.61. The molecule has 1 aromatic heterocycles. The van der Waals surface area contributed by atoms with Gasteiger partial charge in [-0.2, -0.15) is 11.3 Å². The molecule has 3 N–H and O–H groups in total. The smallest absolute Gasteiger partial charge is 0.0479 e. The molecule has 0 amide bonds. The van der Waals surface area contributed by atoms with Crippen molar-refractivity contribution in [3.63, 3.8) is 0 Å². The normalized spacial score (nSPS) is 12.9. The molecule has 4 heteroatoms. The zero-order valence-corrected chi connectivity index (χ0v) is 12.2. The second-order valence-corrected chi connectivity index (χ2v) is 5.70. The van der Waals surface area contributed by atoms with E-state index in [1.165, 1.54) is 42.1 Å². The van der Waals surface area contributed by atoms with Gasteiger partial charge in [-0.15, -0.1) is 0 Å². The maximum atomic E-state index is 5.61. The molecule has 0 aliphatic rings. The van der Waals surface area contributed by atoms with Crippen molar-refractivity contribution >= 4 is 27.3 Å². The number of nitrogens with one attached hydrogen (secondary N) is 1. The van der Waals surface area contributed by atoms with Crippen LogP contribution in [0.15, 0.2) is 15.2 Å². The number of thiophene rings is 1. The fourth-order valence-corrected chi connectivity index (χ4v) is 3.45. The highest BCUT2D eigenvalue weighted by Crippen LogP contribution is 2.29. The van der Waals surface area contributed by atoms with Gasteiger partial charge in [0, 0.05) is 15.9 Å². The highest BCUT2D eigenvalue weighted by atomic mass is 79.9. The maximum absolute atomic E-state index is 5.61. The molecule has 0 aromatic carbocycles. The van der Waals surface area contributed by atoms with Crippen LogP contribution in [0.25, 0.3) is 0 Å². The van der Waals surface area contributed by atoms with Crippen molar-refractivity contribution < 1.29 is 0 Å². The first-order valence-corrected chi connectivity index (χ1v) is 7.70. The van der Waals surface area contributed by atoms with Gasteiger partial charge < -0.3 is 0 Å². The van der Waals surface area contributed by atoms with Crippen LogP contribution in [0.2, 0.25) is 0 Å². The summed E-state index contributed by atoms with van der Waals surface area (Å²) in [5.41, 5.74) is 4.21. The lowest BCUT2D eigenvalue weighted by Crippen LogP contribution is -2.27. The third-order valence-electron chi connectivity index (χ3n) is 2.82. The second-order valence-electron chi connectivity index (χ2n) is 4.10. The number of halogens is 1. The molecule has 1 unspecified atom stereocenters. The van der Waals surface area contributed by atoms with Gasteiger partial charge in [0.2, 0.25) is 0 Å². The Hall–Kier alpha value is 0.100. The maximum Gasteiger partial charge on any atom is 0.0479 e. The topological polar surface area (TPSA) is 38.0 Å². The van der Waals surface area contributed by atoms with E-state index in [9.17, 15) is 0 Å². The average molecular weight is 305 g/mol. The predicted octanol–water partition coefficient (Wildman–Crippen LogP) is 4.38. The summed E-state index contributed by atoms with van der Waals surface area (Å²) in [6, 6.07) is 0.294. The Labute approximate surface area is 111 Å². The summed E-state index contributed by atoms with van der Waals surface area (Å²) in [5, 5.41) is 4.28. The van der Waals surface area contributed by atoms with E-state index in [1.807, 2.05) is 0 Å². The Morgan fingerprint density at radius 2 is 2.06 bits per heavy atom. The molecular formula is C12H21BrN2S. The summed E-state index contributed by atoms with van der Waals surface area (Å²) in [6.07, 6.45) is 7.68. The number of nitrogens with two attached hydrogens (primary N) is 1. The van der Waals surface area contributed by atoms with Crippen molar-refractivity contribution in [2.24, 2.45) is 5.84 Å². The number of unbranched alkanes of at least 4 members (excludes halogenated alkanes) is 4. The van der Waals surface area contributed by atoms with Gasteiger partial charge in [-0.05, 0) is 33.3 Å². The molecule has 1 aromatic rings. The molecule has 0 saturated heterocycles. The van der Waals surface area contributed by atoms with Crippen molar-refractivity contribution in [2.45, 2.75) is 51.5 Å². The summed E-state index contributed by atoms with van der Waals surface area (Å²) < 4.78 is 1.18. The van der Waals surface area contributed by atoms with Gasteiger partial charge in [0.15, 0.2) is 0 Å². The van der Waals surface area contributed by atoms with Crippen molar-refractivity contribution in [1.82, 2.24) is 5.43 Å². The third kappa shape index (κ3) is 4.53. The van der Waals surface area contributed by atoms with Crippen molar-refractivity contribution in [1.29, 1.82) is 0 Å². The molecule has 16 heavy (non-hydrogen) atoms. The van der Waals surface area contributed by atoms with E-state index in [1.54, 1.807) is 11.3 Å². The van der Waals surface area contributed by atoms with Gasteiger partial charge in [0.25, 0.3) is 0 Å². The van der Waals surface area contributed by atoms with Gasteiger partial charge in [0.1, 0.15) is 0 Å². The van der Waals surface area contributed by atoms with Crippen LogP contribution in [0.5, 0.6) is 0 Å². The molecule has 1 rings (SSSR count). The molecule has 92 valence electrons. The molecule has 0 spiro atoms. The van der Waals surface area contributed by atoms with Gasteiger partial charge in [0.05, 0.1) is 0 Å². The second kappa shape index (κ2) is 8.23. The van der Waals surface area contributed by atoms with Crippen LogP contribution in [0, 0.1) is 0 Å². The summed E-state index contributed by atoms with van der Waals surface area (Å²) >= 11 is 5.27. The molecule has 0 aliphatic carbocycles. The fraction of sp³-hybridized carbons (Fsp3) is 0.667. The lowest BCUT2D eigenvalue weighted by atomic mass is 10.0. The van der Waals surface area contributed by atoms with E-state index in [2.05, 4.69) is 39.0 Å². The quantitative estimate of drug-likeness (QED) is 0.425. The molecule has 0 radical (unpaired) electrons. The highest BCUT2D eigenvalue weighted by Gasteiger charge is 2.13. The SMILES string of the molecule is CCCCCCCC(NN)c1cscc1Br. The first-order chi connectivity index (χ1) is 7.79. The Kier molecular flexibility index (Phi) is 7.28. The Bertz CT molecular complexity index is 288. The Morgan fingerprint density at radius 1 is 1.31 bits per heavy atom. The molecule has 0 fully saturated rings. The van der Waals surface area contributed by atoms with E-state index >= 15 is 0 Å². The van der Waals surface area contributed by atoms with Crippen LogP contribution < -0.4 is 11.3 Å². The number of hydrogen-bond donors (Lipinski definition) is 2. The van der Waals surface area contributed by atoms with Crippen LogP contribution in [0.1, 0.15) is 57.1 Å². The van der Waals surface area contributed by atoms with Crippen molar-refractivity contribution in [3.8, 4) is 0 Å². The average Bonchev–Trinajstić information content (AvgIpc) is 2.70. The third-order valence-corrected chi connectivity index (χ3v) is 4.57. The van der Waals surface area contributed by atoms with Crippen LogP contribution in [0.3, 0.4) is 0 Å². The zero-order chi connectivity index (χ0) is 11.8. The van der Waals surface area contributed by atoms with E-state index < -0.39 is 0 Å². The highest BCUT2D eigenvalue weighted by molar-refractivity contribution is 9.10. The standard InChI is InChI=1S/C12H21BrN2S/c1-2-3-4-5-6-7-12(15-14)10-8-16-9-11(10)13/h8-9,12,15H,2-7,14H2,1H3. The van der Waals surface area contributed by atoms with Crippen LogP contribution in [-0.2, 0) is 0 Å². The molecule has 0 bridgehead atoms. The number of hydrazine groups is 1. The molecule has 1 atom stereocenters. The monoisotopic (exact) mass is 304 g/mol. The van der Waals surface area contributed by atoms with Crippen LogP contribution in [0.4, 0.5) is 0 Å². The minimum absolute atomic E-state index is 0.294. The van der Waals surface area contributed by atoms with E-state index in [-0.39, 0.29) is 0 Å². The lowest BCUT2D eigenvalue weighted by Gasteiger charge is -2.15. The first-order valence-electron chi connectivity index (χ1n) is 5.97. The summed E-state index contributed by atoms with van der Waals surface area (Å²) in [4.78, 5) is 0. The molecule has 0 aliphatic heterocycles. The minimum atomic E-state index is 0.294. The minimum Gasteiger partial charge on any atom is -0.271 e. The molecule has 0 saturated carbocycles. The molecule has 1 heterocycles. The van der Waals surface area contributed by atoms with Gasteiger partial charge in [-0.1, -0.05) is 39.0 Å². The van der Waals surface area contributed by atoms with E-state index in [0.717, 1.165) is 6.42 Å². The summed E-state index contributed by atoms with van der Waals surface area (Å²) in [6.45, 7) is 2.24. The van der Waals surface area contributed by atoms with Crippen molar-refractivity contribution in [3.05, 3.63) is 20.8 Å². The van der Waals surface area contributed by atoms with Crippen LogP contribution in [-0.4, -0.2) is 0 Å². The number of hydrogen-bond acceptors (Lipinski definition) is 3. The summed E-state index contributed by atoms with van der Waals surface area (Å²) in [7, 11) is 0. The van der Waals surface area contributed by atoms with Gasteiger partial charge in [-0.3, -0.25) is 11.3 Å².